The second kappa shape index (κ2) is 5.04. The van der Waals surface area contributed by atoms with Gasteiger partial charge in [-0.15, -0.1) is 0 Å². The number of aldehydes is 1. The third-order valence-corrected chi connectivity index (χ3v) is 4.35. The van der Waals surface area contributed by atoms with Gasteiger partial charge in [-0.3, -0.25) is 4.79 Å². The molecule has 0 bridgehead atoms. The van der Waals surface area contributed by atoms with Gasteiger partial charge < -0.3 is 9.69 Å². The van der Waals surface area contributed by atoms with Crippen molar-refractivity contribution < 1.29 is 9.59 Å². The summed E-state index contributed by atoms with van der Waals surface area (Å²) >= 11 is 3.34. The van der Waals surface area contributed by atoms with Crippen LogP contribution in [0.4, 0.5) is 0 Å². The molecule has 5 nitrogen and oxygen atoms in total. The van der Waals surface area contributed by atoms with Crippen LogP contribution in [0.25, 0.3) is 0 Å². The number of hydrazine groups is 1. The van der Waals surface area contributed by atoms with Crippen molar-refractivity contribution in [1.82, 2.24) is 14.9 Å². The molecule has 0 N–H and O–H groups in total. The fourth-order valence-corrected chi connectivity index (χ4v) is 3.26. The maximum absolute atomic E-state index is 12.0. The highest BCUT2D eigenvalue weighted by molar-refractivity contribution is 9.10. The number of nitrogens with zero attached hydrogens (tertiary/aromatic N) is 3. The number of alkyl halides is 1. The second-order valence-electron chi connectivity index (χ2n) is 4.85. The zero-order chi connectivity index (χ0) is 12.6. The van der Waals surface area contributed by atoms with Crippen molar-refractivity contribution in [1.29, 1.82) is 0 Å². The quantitative estimate of drug-likeness (QED) is 0.548. The van der Waals surface area contributed by atoms with Gasteiger partial charge in [-0.2, -0.15) is 0 Å². The van der Waals surface area contributed by atoms with E-state index in [0.29, 0.717) is 6.42 Å². The molecule has 2 rings (SSSR count). The minimum absolute atomic E-state index is 0.0627. The summed E-state index contributed by atoms with van der Waals surface area (Å²) in [7, 11) is 4.00. The molecule has 2 heterocycles. The predicted molar refractivity (Wildman–Crippen MR) is 67.7 cm³/mol. The number of carbonyl (C=O) groups excluding carboxylic acids is 2. The van der Waals surface area contributed by atoms with Crippen LogP contribution in [-0.4, -0.2) is 71.2 Å². The Morgan fingerprint density at radius 1 is 1.47 bits per heavy atom. The molecule has 0 saturated carbocycles. The number of carbonyl (C=O) groups is 2. The van der Waals surface area contributed by atoms with E-state index >= 15 is 0 Å². The first-order valence-corrected chi connectivity index (χ1v) is 6.80. The largest absolute Gasteiger partial charge is 0.328 e. The Bertz CT molecular complexity index is 324. The van der Waals surface area contributed by atoms with Crippen LogP contribution in [0.2, 0.25) is 0 Å². The summed E-state index contributed by atoms with van der Waals surface area (Å²) in [6, 6.07) is -0.0818. The van der Waals surface area contributed by atoms with E-state index in [4.69, 9.17) is 0 Å². The molecule has 0 aromatic heterocycles. The van der Waals surface area contributed by atoms with E-state index in [1.165, 1.54) is 0 Å². The molecule has 0 aromatic rings. The lowest BCUT2D eigenvalue weighted by Crippen LogP contribution is -2.46. The third-order valence-electron chi connectivity index (χ3n) is 3.59. The Labute approximate surface area is 110 Å². The van der Waals surface area contributed by atoms with Crippen LogP contribution in [0.3, 0.4) is 0 Å². The summed E-state index contributed by atoms with van der Waals surface area (Å²) < 4.78 is 0. The van der Waals surface area contributed by atoms with Crippen molar-refractivity contribution in [3.05, 3.63) is 0 Å². The van der Waals surface area contributed by atoms with Crippen LogP contribution in [0, 0.1) is 0 Å². The van der Waals surface area contributed by atoms with E-state index in [-0.39, 0.29) is 22.8 Å². The Balaban J connectivity index is 2.07. The smallest absolute Gasteiger partial charge is 0.237 e. The number of hydrogen-bond acceptors (Lipinski definition) is 4. The van der Waals surface area contributed by atoms with Gasteiger partial charge >= 0.3 is 0 Å². The molecule has 2 fully saturated rings. The van der Waals surface area contributed by atoms with Gasteiger partial charge in [-0.1, -0.05) is 15.9 Å². The molecule has 3 atom stereocenters. The van der Waals surface area contributed by atoms with Crippen molar-refractivity contribution >= 4 is 28.1 Å². The Kier molecular flexibility index (Phi) is 3.85. The van der Waals surface area contributed by atoms with E-state index in [9.17, 15) is 9.59 Å². The number of halogens is 1. The van der Waals surface area contributed by atoms with Gasteiger partial charge in [-0.05, 0) is 12.8 Å². The lowest BCUT2D eigenvalue weighted by atomic mass is 10.2. The van der Waals surface area contributed by atoms with Crippen LogP contribution in [0.15, 0.2) is 0 Å². The molecular formula is C11H18BrN3O2. The van der Waals surface area contributed by atoms with Gasteiger partial charge in [0.15, 0.2) is 0 Å². The topological polar surface area (TPSA) is 43.9 Å². The first kappa shape index (κ1) is 13.0. The van der Waals surface area contributed by atoms with Gasteiger partial charge in [0.05, 0.1) is 10.9 Å². The molecule has 6 heteroatoms. The highest BCUT2D eigenvalue weighted by atomic mass is 79.9. The molecular weight excluding hydrogens is 286 g/mol. The van der Waals surface area contributed by atoms with E-state index in [1.807, 2.05) is 19.1 Å². The van der Waals surface area contributed by atoms with Crippen molar-refractivity contribution in [2.24, 2.45) is 0 Å². The van der Waals surface area contributed by atoms with Crippen LogP contribution in [-0.2, 0) is 9.59 Å². The molecule has 96 valence electrons. The summed E-state index contributed by atoms with van der Waals surface area (Å²) in [6.07, 6.45) is 2.44. The summed E-state index contributed by atoms with van der Waals surface area (Å²) in [5.41, 5.74) is 0. The maximum atomic E-state index is 12.0. The summed E-state index contributed by atoms with van der Waals surface area (Å²) in [5.74, 6) is 0.0627. The summed E-state index contributed by atoms with van der Waals surface area (Å²) in [6.45, 7) is 1.77. The molecule has 0 aromatic carbocycles. The van der Waals surface area contributed by atoms with Gasteiger partial charge in [0, 0.05) is 33.2 Å². The molecule has 0 aliphatic carbocycles. The molecule has 17 heavy (non-hydrogen) atoms. The first-order valence-electron chi connectivity index (χ1n) is 5.88. The highest BCUT2D eigenvalue weighted by Crippen LogP contribution is 2.29. The van der Waals surface area contributed by atoms with E-state index in [0.717, 1.165) is 25.8 Å². The minimum atomic E-state index is -0.251. The molecule has 0 radical (unpaired) electrons. The Morgan fingerprint density at radius 2 is 2.18 bits per heavy atom. The lowest BCUT2D eigenvalue weighted by Gasteiger charge is -2.29. The monoisotopic (exact) mass is 303 g/mol. The number of amides is 1. The molecule has 2 saturated heterocycles. The summed E-state index contributed by atoms with van der Waals surface area (Å²) in [5, 5.41) is 4.24. The van der Waals surface area contributed by atoms with Crippen molar-refractivity contribution in [2.45, 2.75) is 29.8 Å². The average Bonchev–Trinajstić information content (AvgIpc) is 2.85. The van der Waals surface area contributed by atoms with E-state index in [1.54, 1.807) is 4.90 Å². The van der Waals surface area contributed by atoms with Crippen LogP contribution in [0.5, 0.6) is 0 Å². The number of rotatable bonds is 3. The lowest BCUT2D eigenvalue weighted by molar-refractivity contribution is -0.133. The van der Waals surface area contributed by atoms with Crippen LogP contribution >= 0.6 is 15.9 Å². The summed E-state index contributed by atoms with van der Waals surface area (Å²) in [4.78, 5) is 24.7. The highest BCUT2D eigenvalue weighted by Gasteiger charge is 2.43. The molecule has 2 aliphatic rings. The Morgan fingerprint density at radius 3 is 2.71 bits per heavy atom. The fourth-order valence-electron chi connectivity index (χ4n) is 2.64. The zero-order valence-electron chi connectivity index (χ0n) is 10.2. The third kappa shape index (κ3) is 2.39. The first-order chi connectivity index (χ1) is 8.04. The van der Waals surface area contributed by atoms with E-state index < -0.39 is 0 Å². The standard InChI is InChI=1S/C11H18BrN3O2/c1-13(2)14-4-3-8(6-14)15-9(7-16)5-10(12)11(15)17/h7-10H,3-6H2,1-2H3. The number of likely N-dealkylation sites (tertiary alicyclic amines) is 1. The molecule has 3 unspecified atom stereocenters. The second-order valence-corrected chi connectivity index (χ2v) is 5.96. The predicted octanol–water partition coefficient (Wildman–Crippen LogP) is 0.101. The van der Waals surface area contributed by atoms with E-state index in [2.05, 4.69) is 20.9 Å². The van der Waals surface area contributed by atoms with Gasteiger partial charge in [-0.25, -0.2) is 10.0 Å². The SMILES string of the molecule is CN(C)N1CCC(N2C(=O)C(Br)CC2C=O)C1. The van der Waals surface area contributed by atoms with Crippen LogP contribution in [0.1, 0.15) is 12.8 Å². The van der Waals surface area contributed by atoms with Crippen molar-refractivity contribution in [3.8, 4) is 0 Å². The van der Waals surface area contributed by atoms with Crippen LogP contribution < -0.4 is 0 Å². The normalized spacial score (nSPS) is 34.9. The van der Waals surface area contributed by atoms with Crippen molar-refractivity contribution in [2.75, 3.05) is 27.2 Å². The molecule has 2 aliphatic heterocycles. The molecule has 0 spiro atoms. The molecule has 1 amide bonds. The minimum Gasteiger partial charge on any atom is -0.328 e. The zero-order valence-corrected chi connectivity index (χ0v) is 11.8. The van der Waals surface area contributed by atoms with Gasteiger partial charge in [0.1, 0.15) is 6.29 Å². The Hall–Kier alpha value is -0.460. The van der Waals surface area contributed by atoms with Gasteiger partial charge in [0.2, 0.25) is 5.91 Å². The van der Waals surface area contributed by atoms with Crippen molar-refractivity contribution in [3.63, 3.8) is 0 Å². The average molecular weight is 304 g/mol. The maximum Gasteiger partial charge on any atom is 0.237 e. The van der Waals surface area contributed by atoms with Gasteiger partial charge in [0.25, 0.3) is 0 Å². The fraction of sp³-hybridized carbons (Fsp3) is 0.818. The number of hydrogen-bond donors (Lipinski definition) is 0.